The van der Waals surface area contributed by atoms with Crippen LogP contribution in [0.3, 0.4) is 0 Å². The second kappa shape index (κ2) is 14.1. The zero-order chi connectivity index (χ0) is 30.1. The van der Waals surface area contributed by atoms with Crippen molar-refractivity contribution in [1.82, 2.24) is 30.9 Å². The van der Waals surface area contributed by atoms with Crippen LogP contribution in [0.2, 0.25) is 0 Å². The number of carbonyl (C=O) groups is 5. The lowest BCUT2D eigenvalue weighted by atomic mass is 10.0. The quantitative estimate of drug-likeness (QED) is 0.118. The number of nitrogens with one attached hydrogen (secondary N) is 5. The van der Waals surface area contributed by atoms with Crippen LogP contribution in [0.5, 0.6) is 0 Å². The Morgan fingerprint density at radius 3 is 2.27 bits per heavy atom. The normalized spacial score (nSPS) is 14.1. The molecule has 3 rings (SSSR count). The summed E-state index contributed by atoms with van der Waals surface area (Å²) in [5.41, 5.74) is 13.7. The number of rotatable bonds is 15. The predicted molar refractivity (Wildman–Crippen MR) is 149 cm³/mol. The molecule has 0 aliphatic carbocycles. The van der Waals surface area contributed by atoms with Gasteiger partial charge in [-0.25, -0.2) is 9.78 Å². The minimum Gasteiger partial charge on any atom is -0.480 e. The third kappa shape index (κ3) is 8.63. The Bertz CT molecular complexity index is 1370. The van der Waals surface area contributed by atoms with Crippen molar-refractivity contribution in [1.29, 1.82) is 0 Å². The van der Waals surface area contributed by atoms with Crippen LogP contribution in [0.15, 0.2) is 43.0 Å². The molecular weight excluding hydrogens is 532 g/mol. The van der Waals surface area contributed by atoms with Crippen molar-refractivity contribution >= 4 is 40.5 Å². The van der Waals surface area contributed by atoms with Crippen molar-refractivity contribution in [3.63, 3.8) is 0 Å². The second-order valence-electron chi connectivity index (χ2n) is 10.1. The van der Waals surface area contributed by atoms with Crippen LogP contribution >= 0.6 is 0 Å². The summed E-state index contributed by atoms with van der Waals surface area (Å²) in [6, 6.07) is 2.84. The lowest BCUT2D eigenvalue weighted by Gasteiger charge is -2.25. The third-order valence-corrected chi connectivity index (χ3v) is 6.61. The number of carbonyl (C=O) groups excluding carboxylic acids is 4. The number of carboxylic acids is 1. The van der Waals surface area contributed by atoms with Crippen LogP contribution in [0.4, 0.5) is 0 Å². The van der Waals surface area contributed by atoms with Crippen molar-refractivity contribution < 1.29 is 29.1 Å². The number of imidazole rings is 1. The number of nitrogens with two attached hydrogens (primary N) is 2. The Balaban J connectivity index is 1.75. The fraction of sp³-hybridized carbons (Fsp3) is 0.407. The molecule has 14 heteroatoms. The van der Waals surface area contributed by atoms with Gasteiger partial charge in [-0.15, -0.1) is 0 Å². The summed E-state index contributed by atoms with van der Waals surface area (Å²) >= 11 is 0. The van der Waals surface area contributed by atoms with Gasteiger partial charge in [0, 0.05) is 41.8 Å². The van der Waals surface area contributed by atoms with E-state index in [9.17, 15) is 29.1 Å². The van der Waals surface area contributed by atoms with Crippen LogP contribution in [0.25, 0.3) is 10.9 Å². The van der Waals surface area contributed by atoms with E-state index in [0.717, 1.165) is 16.5 Å². The Morgan fingerprint density at radius 1 is 0.951 bits per heavy atom. The Kier molecular flexibility index (Phi) is 10.6. The molecule has 4 amide bonds. The molecule has 0 radical (unpaired) electrons. The number of aliphatic carboxylic acids is 1. The van der Waals surface area contributed by atoms with E-state index in [0.29, 0.717) is 5.69 Å². The average Bonchev–Trinajstić information content (AvgIpc) is 3.58. The van der Waals surface area contributed by atoms with Crippen LogP contribution in [0.1, 0.15) is 37.9 Å². The van der Waals surface area contributed by atoms with Gasteiger partial charge in [0.2, 0.25) is 23.6 Å². The summed E-state index contributed by atoms with van der Waals surface area (Å²) in [5.74, 6) is -4.50. The van der Waals surface area contributed by atoms with Gasteiger partial charge in [-0.1, -0.05) is 32.0 Å². The standard InChI is InChI=1S/C27H36N8O6/c1-14(2)23(27(40)41)35-26(39)21(10-16-12-30-13-32-16)34-25(38)20(7-8-22(29)36)33-24(37)18(28)9-15-11-31-19-6-4-3-5-17(15)19/h3-6,11-14,18,20-21,23,31H,7-10,28H2,1-2H3,(H2,29,36)(H,30,32)(H,33,37)(H,34,38)(H,35,39)(H,40,41). The van der Waals surface area contributed by atoms with Crippen LogP contribution in [-0.4, -0.2) is 73.8 Å². The first kappa shape index (κ1) is 30.8. The number of H-pyrrole nitrogens is 2. The average molecular weight is 569 g/mol. The molecule has 220 valence electrons. The van der Waals surface area contributed by atoms with Crippen LogP contribution in [-0.2, 0) is 36.8 Å². The van der Waals surface area contributed by atoms with Gasteiger partial charge in [0.1, 0.15) is 18.1 Å². The minimum absolute atomic E-state index is 0.0431. The molecule has 0 saturated carbocycles. The number of carboxylic acid groups (broad SMARTS) is 1. The van der Waals surface area contributed by atoms with E-state index in [2.05, 4.69) is 30.9 Å². The zero-order valence-corrected chi connectivity index (χ0v) is 22.8. The Labute approximate surface area is 236 Å². The van der Waals surface area contributed by atoms with E-state index in [1.54, 1.807) is 20.0 Å². The molecule has 1 aromatic carbocycles. The molecule has 0 fully saturated rings. The van der Waals surface area contributed by atoms with E-state index >= 15 is 0 Å². The predicted octanol–water partition coefficient (Wildman–Crippen LogP) is -0.536. The van der Waals surface area contributed by atoms with Crippen molar-refractivity contribution in [2.45, 2.75) is 63.7 Å². The molecule has 0 aliphatic heterocycles. The highest BCUT2D eigenvalue weighted by molar-refractivity contribution is 5.95. The highest BCUT2D eigenvalue weighted by atomic mass is 16.4. The topological polar surface area (TPSA) is 238 Å². The summed E-state index contributed by atoms with van der Waals surface area (Å²) in [4.78, 5) is 72.5. The summed E-state index contributed by atoms with van der Waals surface area (Å²) in [6.45, 7) is 3.27. The molecule has 0 spiro atoms. The first-order valence-corrected chi connectivity index (χ1v) is 13.2. The van der Waals surface area contributed by atoms with Gasteiger partial charge in [-0.2, -0.15) is 0 Å². The van der Waals surface area contributed by atoms with Crippen molar-refractivity contribution in [2.24, 2.45) is 17.4 Å². The lowest BCUT2D eigenvalue weighted by molar-refractivity contribution is -0.143. The number of hydrogen-bond acceptors (Lipinski definition) is 7. The lowest BCUT2D eigenvalue weighted by Crippen LogP contribution is -2.58. The molecule has 4 unspecified atom stereocenters. The highest BCUT2D eigenvalue weighted by Gasteiger charge is 2.32. The highest BCUT2D eigenvalue weighted by Crippen LogP contribution is 2.19. The number of hydrogen-bond donors (Lipinski definition) is 8. The Morgan fingerprint density at radius 2 is 1.63 bits per heavy atom. The SMILES string of the molecule is CC(C)C(NC(=O)C(Cc1cnc[nH]1)NC(=O)C(CCC(N)=O)NC(=O)C(N)Cc1c[nH]c2ccccc12)C(=O)O. The van der Waals surface area contributed by atoms with Crippen molar-refractivity contribution in [3.8, 4) is 0 Å². The number of primary amides is 1. The third-order valence-electron chi connectivity index (χ3n) is 6.61. The first-order valence-electron chi connectivity index (χ1n) is 13.2. The van der Waals surface area contributed by atoms with Gasteiger partial charge < -0.3 is 42.5 Å². The maximum Gasteiger partial charge on any atom is 0.326 e. The molecule has 3 aromatic rings. The number of aromatic amines is 2. The second-order valence-corrected chi connectivity index (χ2v) is 10.1. The fourth-order valence-electron chi connectivity index (χ4n) is 4.33. The molecule has 4 atom stereocenters. The van der Waals surface area contributed by atoms with Crippen molar-refractivity contribution in [3.05, 3.63) is 54.2 Å². The monoisotopic (exact) mass is 568 g/mol. The summed E-state index contributed by atoms with van der Waals surface area (Å²) in [7, 11) is 0. The summed E-state index contributed by atoms with van der Waals surface area (Å²) in [6.07, 6.45) is 4.38. The maximum absolute atomic E-state index is 13.4. The van der Waals surface area contributed by atoms with E-state index in [1.165, 1.54) is 12.5 Å². The van der Waals surface area contributed by atoms with Crippen molar-refractivity contribution in [2.75, 3.05) is 0 Å². The van der Waals surface area contributed by atoms with E-state index in [-0.39, 0.29) is 25.7 Å². The number of fused-ring (bicyclic) bond motifs is 1. The minimum atomic E-state index is -1.25. The number of para-hydroxylation sites is 1. The van der Waals surface area contributed by atoms with Gasteiger partial charge in [-0.05, 0) is 30.4 Å². The van der Waals surface area contributed by atoms with Gasteiger partial charge in [0.05, 0.1) is 12.4 Å². The smallest absolute Gasteiger partial charge is 0.326 e. The molecule has 10 N–H and O–H groups in total. The summed E-state index contributed by atoms with van der Waals surface area (Å²) in [5, 5.41) is 18.0. The summed E-state index contributed by atoms with van der Waals surface area (Å²) < 4.78 is 0. The number of benzene rings is 1. The van der Waals surface area contributed by atoms with Crippen LogP contribution < -0.4 is 27.4 Å². The zero-order valence-electron chi connectivity index (χ0n) is 22.8. The molecule has 0 bridgehead atoms. The number of aromatic nitrogens is 3. The molecular formula is C27H36N8O6. The van der Waals surface area contributed by atoms with Gasteiger partial charge in [0.15, 0.2) is 0 Å². The molecule has 2 aromatic heterocycles. The number of nitrogens with zero attached hydrogens (tertiary/aromatic N) is 1. The van der Waals surface area contributed by atoms with Gasteiger partial charge in [0.25, 0.3) is 0 Å². The first-order chi connectivity index (χ1) is 19.5. The molecule has 41 heavy (non-hydrogen) atoms. The molecule has 14 nitrogen and oxygen atoms in total. The van der Waals surface area contributed by atoms with E-state index in [1.807, 2.05) is 24.3 Å². The largest absolute Gasteiger partial charge is 0.480 e. The molecule has 0 saturated heterocycles. The molecule has 2 heterocycles. The Hall–Kier alpha value is -4.72. The van der Waals surface area contributed by atoms with E-state index < -0.39 is 59.7 Å². The number of amides is 4. The van der Waals surface area contributed by atoms with E-state index in [4.69, 9.17) is 11.5 Å². The van der Waals surface area contributed by atoms with Crippen LogP contribution in [0, 0.1) is 5.92 Å². The molecule has 0 aliphatic rings. The maximum atomic E-state index is 13.4. The van der Waals surface area contributed by atoms with Gasteiger partial charge >= 0.3 is 5.97 Å². The fourth-order valence-corrected chi connectivity index (χ4v) is 4.33. The van der Waals surface area contributed by atoms with Gasteiger partial charge in [-0.3, -0.25) is 19.2 Å².